The van der Waals surface area contributed by atoms with Crippen LogP contribution in [0.3, 0.4) is 0 Å². The highest BCUT2D eigenvalue weighted by Gasteiger charge is 2.07. The van der Waals surface area contributed by atoms with Gasteiger partial charge in [-0.1, -0.05) is 6.07 Å². The lowest BCUT2D eigenvalue weighted by atomic mass is 10.5. The molecule has 2 aromatic rings. The number of aryl methyl sites for hydroxylation is 1. The summed E-state index contributed by atoms with van der Waals surface area (Å²) < 4.78 is 3.24. The molecule has 0 amide bonds. The molecule has 0 unspecified atom stereocenters. The van der Waals surface area contributed by atoms with Gasteiger partial charge in [-0.15, -0.1) is 4.52 Å². The minimum absolute atomic E-state index is 0.101. The smallest absolute Gasteiger partial charge is 0.217 e. The largest absolute Gasteiger partial charge is 0.444 e. The van der Waals surface area contributed by atoms with Crippen LogP contribution in [-0.2, 0) is 7.05 Å². The van der Waals surface area contributed by atoms with Gasteiger partial charge in [0.15, 0.2) is 0 Å². The zero-order valence-electron chi connectivity index (χ0n) is 6.11. The second-order valence-corrected chi connectivity index (χ2v) is 2.40. The first kappa shape index (κ1) is 6.15. The van der Waals surface area contributed by atoms with Crippen LogP contribution in [0.1, 0.15) is 0 Å². The summed E-state index contributed by atoms with van der Waals surface area (Å²) in [6.07, 6.45) is 1.80. The highest BCUT2D eigenvalue weighted by atomic mass is 16.1. The Labute approximate surface area is 62.7 Å². The van der Waals surface area contributed by atoms with Crippen LogP contribution in [0.25, 0.3) is 5.65 Å². The molecule has 11 heavy (non-hydrogen) atoms. The molecule has 0 saturated heterocycles. The highest BCUT2D eigenvalue weighted by molar-refractivity contribution is 5.27. The van der Waals surface area contributed by atoms with Gasteiger partial charge in [0, 0.05) is 6.07 Å². The zero-order valence-corrected chi connectivity index (χ0v) is 6.11. The summed E-state index contributed by atoms with van der Waals surface area (Å²) >= 11 is 0. The fraction of sp³-hybridized carbons (Fsp3) is 0.143. The van der Waals surface area contributed by atoms with E-state index in [1.807, 2.05) is 18.2 Å². The van der Waals surface area contributed by atoms with Gasteiger partial charge in [-0.25, -0.2) is 4.79 Å². The number of H-pyrrole nitrogens is 1. The standard InChI is InChI=1S/C7H7N3O/c1-9-6-4-2-3-5-10(6)8-7(9)11/h2-5H,1H3/p+1. The van der Waals surface area contributed by atoms with Crippen LogP contribution < -0.4 is 10.2 Å². The van der Waals surface area contributed by atoms with Crippen molar-refractivity contribution in [3.63, 3.8) is 0 Å². The number of aromatic amines is 1. The summed E-state index contributed by atoms with van der Waals surface area (Å²) in [7, 11) is 1.73. The number of rotatable bonds is 0. The number of nitrogens with one attached hydrogen (secondary N) is 1. The molecule has 0 radical (unpaired) electrons. The minimum Gasteiger partial charge on any atom is -0.217 e. The molecule has 2 heterocycles. The van der Waals surface area contributed by atoms with Crippen LogP contribution in [0.5, 0.6) is 0 Å². The molecule has 4 nitrogen and oxygen atoms in total. The summed E-state index contributed by atoms with van der Waals surface area (Å²) in [6, 6.07) is 5.63. The maximum Gasteiger partial charge on any atom is 0.444 e. The molecule has 0 bridgehead atoms. The second-order valence-electron chi connectivity index (χ2n) is 2.40. The van der Waals surface area contributed by atoms with E-state index in [4.69, 9.17) is 0 Å². The SMILES string of the molecule is Cn1c(=O)[nH][n+]2ccccc12. The van der Waals surface area contributed by atoms with Gasteiger partial charge in [0.05, 0.1) is 7.05 Å². The van der Waals surface area contributed by atoms with Crippen LogP contribution >= 0.6 is 0 Å². The number of hydrogen-bond donors (Lipinski definition) is 1. The topological polar surface area (TPSA) is 41.9 Å². The molecule has 56 valence electrons. The predicted octanol–water partition coefficient (Wildman–Crippen LogP) is -0.548. The Bertz CT molecular complexity index is 440. The number of hydrogen-bond acceptors (Lipinski definition) is 1. The Morgan fingerprint density at radius 1 is 1.55 bits per heavy atom. The molecule has 0 atom stereocenters. The van der Waals surface area contributed by atoms with E-state index < -0.39 is 0 Å². The van der Waals surface area contributed by atoms with E-state index >= 15 is 0 Å². The summed E-state index contributed by atoms with van der Waals surface area (Å²) in [5.41, 5.74) is 0.758. The third kappa shape index (κ3) is 0.756. The van der Waals surface area contributed by atoms with E-state index in [9.17, 15) is 4.79 Å². The van der Waals surface area contributed by atoms with Crippen molar-refractivity contribution in [3.8, 4) is 0 Å². The normalized spacial score (nSPS) is 10.6. The predicted molar refractivity (Wildman–Crippen MR) is 39.2 cm³/mol. The lowest BCUT2D eigenvalue weighted by Gasteiger charge is -1.81. The maximum absolute atomic E-state index is 11.0. The summed E-state index contributed by atoms with van der Waals surface area (Å²) in [5, 5.41) is 2.65. The van der Waals surface area contributed by atoms with Crippen LogP contribution in [0.15, 0.2) is 29.2 Å². The third-order valence-electron chi connectivity index (χ3n) is 1.70. The number of fused-ring (bicyclic) bond motifs is 1. The fourth-order valence-electron chi connectivity index (χ4n) is 1.08. The molecular weight excluding hydrogens is 142 g/mol. The molecular formula is C7H8N3O+. The van der Waals surface area contributed by atoms with E-state index in [-0.39, 0.29) is 5.69 Å². The van der Waals surface area contributed by atoms with Crippen molar-refractivity contribution < 1.29 is 4.52 Å². The van der Waals surface area contributed by atoms with E-state index in [1.54, 1.807) is 22.3 Å². The molecule has 0 fully saturated rings. The van der Waals surface area contributed by atoms with E-state index in [0.29, 0.717) is 0 Å². The van der Waals surface area contributed by atoms with Crippen LogP contribution in [0, 0.1) is 0 Å². The first-order valence-corrected chi connectivity index (χ1v) is 3.34. The molecule has 2 rings (SSSR count). The monoisotopic (exact) mass is 150 g/mol. The third-order valence-corrected chi connectivity index (χ3v) is 1.70. The van der Waals surface area contributed by atoms with Gasteiger partial charge in [0.25, 0.3) is 0 Å². The molecule has 1 N–H and O–H groups in total. The van der Waals surface area contributed by atoms with Gasteiger partial charge < -0.3 is 0 Å². The quantitative estimate of drug-likeness (QED) is 0.503. The molecule has 0 aromatic carbocycles. The number of aromatic nitrogens is 3. The van der Waals surface area contributed by atoms with Gasteiger partial charge >= 0.3 is 11.3 Å². The van der Waals surface area contributed by atoms with Gasteiger partial charge in [-0.05, 0) is 6.07 Å². The van der Waals surface area contributed by atoms with Gasteiger partial charge in [-0.3, -0.25) is 0 Å². The molecule has 0 aliphatic carbocycles. The lowest BCUT2D eigenvalue weighted by molar-refractivity contribution is -0.578. The molecule has 2 aromatic heterocycles. The van der Waals surface area contributed by atoms with Gasteiger partial charge in [-0.2, -0.15) is 9.67 Å². The Balaban J connectivity index is 3.04. The van der Waals surface area contributed by atoms with Crippen molar-refractivity contribution in [3.05, 3.63) is 34.9 Å². The lowest BCUT2D eigenvalue weighted by Crippen LogP contribution is -2.24. The second kappa shape index (κ2) is 1.95. The molecule has 0 spiro atoms. The minimum atomic E-state index is -0.101. The van der Waals surface area contributed by atoms with Crippen molar-refractivity contribution in [2.24, 2.45) is 7.05 Å². The molecule has 0 saturated carbocycles. The zero-order chi connectivity index (χ0) is 7.84. The molecule has 4 heteroatoms. The first-order chi connectivity index (χ1) is 5.29. The van der Waals surface area contributed by atoms with Gasteiger partial charge in [0.2, 0.25) is 0 Å². The highest BCUT2D eigenvalue weighted by Crippen LogP contribution is 1.87. The Hall–Kier alpha value is -1.58. The van der Waals surface area contributed by atoms with Crippen molar-refractivity contribution in [2.75, 3.05) is 0 Å². The van der Waals surface area contributed by atoms with Crippen molar-refractivity contribution in [1.82, 2.24) is 9.67 Å². The number of pyridine rings is 1. The van der Waals surface area contributed by atoms with E-state index in [0.717, 1.165) is 5.65 Å². The Kier molecular flexibility index (Phi) is 1.09. The summed E-state index contributed by atoms with van der Waals surface area (Å²) in [4.78, 5) is 11.0. The van der Waals surface area contributed by atoms with Gasteiger partial charge in [0.1, 0.15) is 6.20 Å². The maximum atomic E-state index is 11.0. The van der Waals surface area contributed by atoms with Crippen molar-refractivity contribution in [1.29, 1.82) is 0 Å². The molecule has 0 aliphatic heterocycles. The first-order valence-electron chi connectivity index (χ1n) is 3.34. The van der Waals surface area contributed by atoms with Crippen molar-refractivity contribution in [2.45, 2.75) is 0 Å². The van der Waals surface area contributed by atoms with E-state index in [2.05, 4.69) is 5.10 Å². The average molecular weight is 150 g/mol. The van der Waals surface area contributed by atoms with Crippen LogP contribution in [0.2, 0.25) is 0 Å². The Morgan fingerprint density at radius 3 is 3.09 bits per heavy atom. The van der Waals surface area contributed by atoms with E-state index in [1.165, 1.54) is 0 Å². The Morgan fingerprint density at radius 2 is 2.36 bits per heavy atom. The fourth-order valence-corrected chi connectivity index (χ4v) is 1.08. The molecule has 0 aliphatic rings. The van der Waals surface area contributed by atoms with Crippen molar-refractivity contribution >= 4 is 5.65 Å². The number of nitrogens with zero attached hydrogens (tertiary/aromatic N) is 2. The van der Waals surface area contributed by atoms with Crippen LogP contribution in [0.4, 0.5) is 0 Å². The average Bonchev–Trinajstić information content (AvgIpc) is 2.30. The van der Waals surface area contributed by atoms with Crippen LogP contribution in [-0.4, -0.2) is 9.67 Å². The summed E-state index contributed by atoms with van der Waals surface area (Å²) in [6.45, 7) is 0. The summed E-state index contributed by atoms with van der Waals surface area (Å²) in [5.74, 6) is 0.